The highest BCUT2D eigenvalue weighted by molar-refractivity contribution is 7.80. The van der Waals surface area contributed by atoms with Crippen LogP contribution in [0, 0.1) is 0 Å². The Balaban J connectivity index is 1.97. The lowest BCUT2D eigenvalue weighted by molar-refractivity contribution is -0.119. The molecule has 0 saturated carbocycles. The van der Waals surface area contributed by atoms with E-state index >= 15 is 0 Å². The molecule has 120 valence electrons. The molecule has 1 amide bonds. The first-order chi connectivity index (χ1) is 10.6. The summed E-state index contributed by atoms with van der Waals surface area (Å²) in [6, 6.07) is 5.28. The zero-order valence-corrected chi connectivity index (χ0v) is 13.3. The molecule has 0 aliphatic carbocycles. The summed E-state index contributed by atoms with van der Waals surface area (Å²) < 4.78 is 16.1. The van der Waals surface area contributed by atoms with Gasteiger partial charge in [-0.1, -0.05) is 12.2 Å². The van der Waals surface area contributed by atoms with Crippen LogP contribution in [0.2, 0.25) is 0 Å². The fraction of sp³-hybridized carbons (Fsp3) is 0.467. The number of nitrogens with two attached hydrogens (primary N) is 1. The minimum absolute atomic E-state index is 0.197. The van der Waals surface area contributed by atoms with E-state index in [0.29, 0.717) is 23.0 Å². The number of nitrogens with one attached hydrogen (secondary N) is 1. The van der Waals surface area contributed by atoms with E-state index in [1.807, 2.05) is 6.07 Å². The van der Waals surface area contributed by atoms with Crippen molar-refractivity contribution in [1.29, 1.82) is 0 Å². The molecule has 1 aliphatic rings. The Labute approximate surface area is 134 Å². The van der Waals surface area contributed by atoms with E-state index < -0.39 is 5.91 Å². The molecule has 2 rings (SSSR count). The Morgan fingerprint density at radius 3 is 2.95 bits per heavy atom. The molecular weight excluding hydrogens is 304 g/mol. The lowest BCUT2D eigenvalue weighted by Gasteiger charge is -2.15. The smallest absolute Gasteiger partial charge is 0.255 e. The van der Waals surface area contributed by atoms with Crippen LogP contribution in [0.5, 0.6) is 11.5 Å². The van der Waals surface area contributed by atoms with Gasteiger partial charge in [0.1, 0.15) is 4.99 Å². The Kier molecular flexibility index (Phi) is 5.97. The fourth-order valence-corrected chi connectivity index (χ4v) is 2.40. The van der Waals surface area contributed by atoms with Crippen LogP contribution < -0.4 is 20.5 Å². The van der Waals surface area contributed by atoms with Crippen LogP contribution in [0.3, 0.4) is 0 Å². The van der Waals surface area contributed by atoms with Gasteiger partial charge in [-0.3, -0.25) is 4.79 Å². The van der Waals surface area contributed by atoms with Gasteiger partial charge in [0.25, 0.3) is 5.91 Å². The molecule has 0 aromatic heterocycles. The fourth-order valence-electron chi connectivity index (χ4n) is 2.19. The maximum atomic E-state index is 10.8. The second-order valence-corrected chi connectivity index (χ2v) is 5.37. The standard InChI is InChI=1S/C15H20N2O4S/c1-19-13-7-10(4-5-12(13)21-9-14(16)18)15(22)17-8-11-3-2-6-20-11/h4-5,7,11H,2-3,6,8-9H2,1H3,(H2,16,18)(H,17,22)/t11-/m0/s1. The summed E-state index contributed by atoms with van der Waals surface area (Å²) >= 11 is 5.37. The Morgan fingerprint density at radius 2 is 2.32 bits per heavy atom. The normalized spacial score (nSPS) is 17.0. The molecule has 0 spiro atoms. The van der Waals surface area contributed by atoms with Crippen molar-refractivity contribution in [2.75, 3.05) is 26.9 Å². The zero-order chi connectivity index (χ0) is 15.9. The monoisotopic (exact) mass is 324 g/mol. The average molecular weight is 324 g/mol. The number of carbonyl (C=O) groups excluding carboxylic acids is 1. The SMILES string of the molecule is COc1cc(C(=S)NC[C@@H]2CCCO2)ccc1OCC(N)=O. The van der Waals surface area contributed by atoms with Gasteiger partial charge < -0.3 is 25.3 Å². The van der Waals surface area contributed by atoms with Crippen LogP contribution >= 0.6 is 12.2 Å². The van der Waals surface area contributed by atoms with E-state index in [-0.39, 0.29) is 12.7 Å². The van der Waals surface area contributed by atoms with Crippen LogP contribution in [0.4, 0.5) is 0 Å². The number of amides is 1. The molecule has 1 aromatic rings. The van der Waals surface area contributed by atoms with Crippen molar-refractivity contribution in [3.8, 4) is 11.5 Å². The number of hydrogen-bond acceptors (Lipinski definition) is 5. The molecule has 1 aromatic carbocycles. The van der Waals surface area contributed by atoms with Crippen LogP contribution in [-0.2, 0) is 9.53 Å². The highest BCUT2D eigenvalue weighted by atomic mass is 32.1. The molecule has 3 N–H and O–H groups in total. The Bertz CT molecular complexity index is 544. The number of rotatable bonds is 7. The van der Waals surface area contributed by atoms with Gasteiger partial charge in [-0.2, -0.15) is 0 Å². The first kappa shape index (κ1) is 16.5. The lowest BCUT2D eigenvalue weighted by atomic mass is 10.2. The largest absolute Gasteiger partial charge is 0.493 e. The number of carbonyl (C=O) groups is 1. The van der Waals surface area contributed by atoms with E-state index in [1.165, 1.54) is 7.11 Å². The van der Waals surface area contributed by atoms with Gasteiger partial charge in [-0.25, -0.2) is 0 Å². The second-order valence-electron chi connectivity index (χ2n) is 4.97. The Morgan fingerprint density at radius 1 is 1.50 bits per heavy atom. The number of primary amides is 1. The summed E-state index contributed by atoms with van der Waals surface area (Å²) in [5.41, 5.74) is 5.88. The first-order valence-electron chi connectivity index (χ1n) is 7.09. The molecular formula is C15H20N2O4S. The molecule has 6 nitrogen and oxygen atoms in total. The predicted octanol–water partition coefficient (Wildman–Crippen LogP) is 1.00. The zero-order valence-electron chi connectivity index (χ0n) is 12.5. The Hall–Kier alpha value is -1.86. The highest BCUT2D eigenvalue weighted by Crippen LogP contribution is 2.28. The third-order valence-electron chi connectivity index (χ3n) is 3.31. The lowest BCUT2D eigenvalue weighted by Crippen LogP contribution is -2.31. The minimum atomic E-state index is -0.542. The van der Waals surface area contributed by atoms with E-state index in [0.717, 1.165) is 25.0 Å². The number of ether oxygens (including phenoxy) is 3. The summed E-state index contributed by atoms with van der Waals surface area (Å²) in [4.78, 5) is 11.4. The summed E-state index contributed by atoms with van der Waals surface area (Å²) in [7, 11) is 1.53. The van der Waals surface area contributed by atoms with Gasteiger partial charge in [-0.15, -0.1) is 0 Å². The van der Waals surface area contributed by atoms with Crippen molar-refractivity contribution in [3.63, 3.8) is 0 Å². The molecule has 22 heavy (non-hydrogen) atoms. The van der Waals surface area contributed by atoms with Crippen molar-refractivity contribution in [2.45, 2.75) is 18.9 Å². The summed E-state index contributed by atoms with van der Waals surface area (Å²) in [5.74, 6) is 0.409. The van der Waals surface area contributed by atoms with Gasteiger partial charge >= 0.3 is 0 Å². The van der Waals surface area contributed by atoms with Crippen LogP contribution in [0.1, 0.15) is 18.4 Å². The second kappa shape index (κ2) is 7.95. The number of thiocarbonyl (C=S) groups is 1. The molecule has 1 atom stereocenters. The molecule has 0 unspecified atom stereocenters. The van der Waals surface area contributed by atoms with Crippen molar-refractivity contribution < 1.29 is 19.0 Å². The highest BCUT2D eigenvalue weighted by Gasteiger charge is 2.16. The summed E-state index contributed by atoms with van der Waals surface area (Å²) in [6.07, 6.45) is 2.37. The molecule has 0 radical (unpaired) electrons. The van der Waals surface area contributed by atoms with E-state index in [2.05, 4.69) is 5.32 Å². The molecule has 1 heterocycles. The van der Waals surface area contributed by atoms with Crippen molar-refractivity contribution in [2.24, 2.45) is 5.73 Å². The number of methoxy groups -OCH3 is 1. The molecule has 0 bridgehead atoms. The average Bonchev–Trinajstić information content (AvgIpc) is 3.03. The third kappa shape index (κ3) is 4.57. The summed E-state index contributed by atoms with van der Waals surface area (Å²) in [5, 5.41) is 3.20. The molecule has 1 aliphatic heterocycles. The molecule has 7 heteroatoms. The van der Waals surface area contributed by atoms with E-state index in [9.17, 15) is 4.79 Å². The quantitative estimate of drug-likeness (QED) is 0.728. The van der Waals surface area contributed by atoms with Gasteiger partial charge in [0.2, 0.25) is 0 Å². The first-order valence-corrected chi connectivity index (χ1v) is 7.50. The number of benzene rings is 1. The van der Waals surface area contributed by atoms with Gasteiger partial charge in [0.15, 0.2) is 18.1 Å². The molecule has 1 fully saturated rings. The minimum Gasteiger partial charge on any atom is -0.493 e. The number of hydrogen-bond donors (Lipinski definition) is 2. The van der Waals surface area contributed by atoms with E-state index in [4.69, 9.17) is 32.2 Å². The van der Waals surface area contributed by atoms with Gasteiger partial charge in [0, 0.05) is 18.7 Å². The predicted molar refractivity (Wildman–Crippen MR) is 86.4 cm³/mol. The van der Waals surface area contributed by atoms with Crippen molar-refractivity contribution in [1.82, 2.24) is 5.32 Å². The van der Waals surface area contributed by atoms with Crippen LogP contribution in [0.15, 0.2) is 18.2 Å². The van der Waals surface area contributed by atoms with Gasteiger partial charge in [0.05, 0.1) is 13.2 Å². The summed E-state index contributed by atoms with van der Waals surface area (Å²) in [6.45, 7) is 1.32. The van der Waals surface area contributed by atoms with Crippen LogP contribution in [-0.4, -0.2) is 43.9 Å². The topological polar surface area (TPSA) is 82.8 Å². The van der Waals surface area contributed by atoms with E-state index in [1.54, 1.807) is 12.1 Å². The van der Waals surface area contributed by atoms with Gasteiger partial charge in [-0.05, 0) is 31.0 Å². The van der Waals surface area contributed by atoms with Crippen molar-refractivity contribution >= 4 is 23.1 Å². The third-order valence-corrected chi connectivity index (χ3v) is 3.69. The maximum absolute atomic E-state index is 10.8. The van der Waals surface area contributed by atoms with Crippen LogP contribution in [0.25, 0.3) is 0 Å². The maximum Gasteiger partial charge on any atom is 0.255 e. The molecule has 1 saturated heterocycles. The van der Waals surface area contributed by atoms with Crippen molar-refractivity contribution in [3.05, 3.63) is 23.8 Å².